The molecule has 3 heterocycles. The third-order valence-corrected chi connectivity index (χ3v) is 6.80. The monoisotopic (exact) mass is 440 g/mol. The Morgan fingerprint density at radius 3 is 2.09 bits per heavy atom. The molecule has 1 saturated heterocycles. The van der Waals surface area contributed by atoms with Crippen LogP contribution in [-0.2, 0) is 6.54 Å². The topological polar surface area (TPSA) is 49.3 Å². The fourth-order valence-electron chi connectivity index (χ4n) is 3.96. The second-order valence-corrected chi connectivity index (χ2v) is 8.85. The predicted molar refractivity (Wildman–Crippen MR) is 128 cm³/mol. The van der Waals surface area contributed by atoms with E-state index < -0.39 is 0 Å². The number of piperazine rings is 1. The summed E-state index contributed by atoms with van der Waals surface area (Å²) in [5.74, 6) is 0.0760. The second kappa shape index (κ2) is 9.42. The van der Waals surface area contributed by atoms with Gasteiger partial charge < -0.3 is 4.90 Å². The van der Waals surface area contributed by atoms with E-state index in [-0.39, 0.29) is 5.91 Å². The zero-order chi connectivity index (χ0) is 21.8. The Kier molecular flexibility index (Phi) is 6.05. The van der Waals surface area contributed by atoms with Gasteiger partial charge in [0.2, 0.25) is 0 Å². The molecule has 1 aliphatic rings. The first kappa shape index (κ1) is 20.5. The molecule has 0 aliphatic carbocycles. The number of hydrogen-bond acceptors (Lipinski definition) is 5. The summed E-state index contributed by atoms with van der Waals surface area (Å²) in [5, 5.41) is 0.879. The van der Waals surface area contributed by atoms with E-state index in [1.54, 1.807) is 0 Å². The molecule has 1 aliphatic heterocycles. The van der Waals surface area contributed by atoms with Crippen molar-refractivity contribution in [1.82, 2.24) is 19.8 Å². The van der Waals surface area contributed by atoms with Gasteiger partial charge in [-0.3, -0.25) is 14.7 Å². The molecule has 2 aromatic carbocycles. The average molecular weight is 441 g/mol. The Morgan fingerprint density at radius 1 is 0.812 bits per heavy atom. The van der Waals surface area contributed by atoms with Crippen molar-refractivity contribution >= 4 is 17.2 Å². The van der Waals surface area contributed by atoms with Crippen molar-refractivity contribution in [1.29, 1.82) is 0 Å². The summed E-state index contributed by atoms with van der Waals surface area (Å²) in [5.41, 5.74) is 4.04. The average Bonchev–Trinajstić information content (AvgIpc) is 3.31. The normalized spacial score (nSPS) is 14.4. The number of amides is 1. The van der Waals surface area contributed by atoms with Crippen LogP contribution in [0.3, 0.4) is 0 Å². The first-order valence-corrected chi connectivity index (χ1v) is 11.6. The van der Waals surface area contributed by atoms with Crippen molar-refractivity contribution in [3.8, 4) is 21.8 Å². The molecule has 0 saturated carbocycles. The summed E-state index contributed by atoms with van der Waals surface area (Å²) in [4.78, 5) is 27.6. The van der Waals surface area contributed by atoms with E-state index in [9.17, 15) is 4.79 Å². The van der Waals surface area contributed by atoms with Crippen LogP contribution in [0.2, 0.25) is 0 Å². The number of aromatic nitrogens is 2. The van der Waals surface area contributed by atoms with Gasteiger partial charge >= 0.3 is 0 Å². The summed E-state index contributed by atoms with van der Waals surface area (Å²) in [6.07, 6.45) is 3.66. The minimum Gasteiger partial charge on any atom is -0.335 e. The van der Waals surface area contributed by atoms with Gasteiger partial charge in [0, 0.05) is 56.2 Å². The van der Waals surface area contributed by atoms with E-state index >= 15 is 0 Å². The molecule has 0 atom stereocenters. The van der Waals surface area contributed by atoms with Gasteiger partial charge in [0.25, 0.3) is 5.91 Å². The summed E-state index contributed by atoms with van der Waals surface area (Å²) < 4.78 is 0. The van der Waals surface area contributed by atoms with Crippen LogP contribution in [0.4, 0.5) is 0 Å². The van der Waals surface area contributed by atoms with E-state index in [0.29, 0.717) is 0 Å². The molecule has 0 radical (unpaired) electrons. The zero-order valence-corrected chi connectivity index (χ0v) is 18.5. The SMILES string of the molecule is O=C(c1sc(-c2ccccc2)nc1-c1ccccc1)N1CCN(Cc2ccncc2)CC1. The van der Waals surface area contributed by atoms with Crippen molar-refractivity contribution in [3.63, 3.8) is 0 Å². The molecule has 6 heteroatoms. The zero-order valence-electron chi connectivity index (χ0n) is 17.7. The smallest absolute Gasteiger partial charge is 0.266 e. The lowest BCUT2D eigenvalue weighted by Crippen LogP contribution is -2.48. The van der Waals surface area contributed by atoms with Crippen LogP contribution in [0.15, 0.2) is 85.2 Å². The highest BCUT2D eigenvalue weighted by molar-refractivity contribution is 7.17. The predicted octanol–water partition coefficient (Wildman–Crippen LogP) is 4.83. The van der Waals surface area contributed by atoms with Crippen LogP contribution in [0, 0.1) is 0 Å². The number of hydrogen-bond donors (Lipinski definition) is 0. The maximum absolute atomic E-state index is 13.6. The van der Waals surface area contributed by atoms with E-state index in [1.165, 1.54) is 16.9 Å². The number of nitrogens with zero attached hydrogens (tertiary/aromatic N) is 4. The van der Waals surface area contributed by atoms with Crippen molar-refractivity contribution in [2.45, 2.75) is 6.54 Å². The lowest BCUT2D eigenvalue weighted by Gasteiger charge is -2.34. The van der Waals surface area contributed by atoms with Gasteiger partial charge in [-0.25, -0.2) is 4.98 Å². The second-order valence-electron chi connectivity index (χ2n) is 7.85. The third-order valence-electron chi connectivity index (χ3n) is 5.70. The molecule has 1 amide bonds. The molecule has 2 aromatic heterocycles. The van der Waals surface area contributed by atoms with E-state index in [0.717, 1.165) is 59.4 Å². The van der Waals surface area contributed by atoms with Crippen LogP contribution in [0.25, 0.3) is 21.8 Å². The standard InChI is InChI=1S/C26H24N4OS/c31-26(30-17-15-29(16-18-30)19-20-11-13-27-14-12-20)24-23(21-7-3-1-4-8-21)28-25(32-24)22-9-5-2-6-10-22/h1-14H,15-19H2. The number of carbonyl (C=O) groups is 1. The van der Waals surface area contributed by atoms with Gasteiger partial charge in [0.1, 0.15) is 9.88 Å². The van der Waals surface area contributed by atoms with Crippen LogP contribution >= 0.6 is 11.3 Å². The highest BCUT2D eigenvalue weighted by atomic mass is 32.1. The Labute approximate surface area is 192 Å². The minimum atomic E-state index is 0.0760. The molecule has 160 valence electrons. The van der Waals surface area contributed by atoms with Crippen molar-refractivity contribution in [2.24, 2.45) is 0 Å². The van der Waals surface area contributed by atoms with Gasteiger partial charge in [0.15, 0.2) is 0 Å². The third kappa shape index (κ3) is 4.47. The van der Waals surface area contributed by atoms with Crippen molar-refractivity contribution < 1.29 is 4.79 Å². The highest BCUT2D eigenvalue weighted by Gasteiger charge is 2.27. The summed E-state index contributed by atoms with van der Waals surface area (Å²) in [6.45, 7) is 4.05. The van der Waals surface area contributed by atoms with E-state index in [2.05, 4.69) is 9.88 Å². The molecular formula is C26H24N4OS. The van der Waals surface area contributed by atoms with Crippen molar-refractivity contribution in [2.75, 3.05) is 26.2 Å². The molecule has 0 unspecified atom stereocenters. The van der Waals surface area contributed by atoms with E-state index in [1.807, 2.05) is 90.1 Å². The first-order chi connectivity index (χ1) is 15.8. The van der Waals surface area contributed by atoms with Gasteiger partial charge in [0.05, 0.1) is 5.69 Å². The van der Waals surface area contributed by atoms with Crippen LogP contribution in [0.1, 0.15) is 15.2 Å². The number of benzene rings is 2. The number of pyridine rings is 1. The summed E-state index contributed by atoms with van der Waals surface area (Å²) >= 11 is 1.49. The minimum absolute atomic E-state index is 0.0760. The Balaban J connectivity index is 1.37. The molecule has 5 nitrogen and oxygen atoms in total. The van der Waals surface area contributed by atoms with Gasteiger partial charge in [-0.2, -0.15) is 0 Å². The lowest BCUT2D eigenvalue weighted by atomic mass is 10.1. The fraction of sp³-hybridized carbons (Fsp3) is 0.192. The molecule has 0 spiro atoms. The first-order valence-electron chi connectivity index (χ1n) is 10.8. The molecular weight excluding hydrogens is 416 g/mol. The number of carbonyl (C=O) groups excluding carboxylic acids is 1. The fourth-order valence-corrected chi connectivity index (χ4v) is 5.02. The molecule has 4 aromatic rings. The Bertz CT molecular complexity index is 1170. The summed E-state index contributed by atoms with van der Waals surface area (Å²) in [7, 11) is 0. The molecule has 5 rings (SSSR count). The van der Waals surface area contributed by atoms with Gasteiger partial charge in [-0.15, -0.1) is 11.3 Å². The highest BCUT2D eigenvalue weighted by Crippen LogP contribution is 2.34. The maximum atomic E-state index is 13.6. The largest absolute Gasteiger partial charge is 0.335 e. The van der Waals surface area contributed by atoms with Crippen LogP contribution in [0.5, 0.6) is 0 Å². The molecule has 0 bridgehead atoms. The van der Waals surface area contributed by atoms with Crippen molar-refractivity contribution in [3.05, 3.63) is 95.6 Å². The van der Waals surface area contributed by atoms with Gasteiger partial charge in [-0.05, 0) is 17.7 Å². The van der Waals surface area contributed by atoms with Crippen LogP contribution in [-0.4, -0.2) is 51.9 Å². The molecule has 0 N–H and O–H groups in total. The van der Waals surface area contributed by atoms with Gasteiger partial charge in [-0.1, -0.05) is 60.7 Å². The van der Waals surface area contributed by atoms with Crippen LogP contribution < -0.4 is 0 Å². The maximum Gasteiger partial charge on any atom is 0.266 e. The molecule has 1 fully saturated rings. The Morgan fingerprint density at radius 2 is 1.44 bits per heavy atom. The quantitative estimate of drug-likeness (QED) is 0.446. The Hall–Kier alpha value is -3.35. The number of rotatable bonds is 5. The number of thiazole rings is 1. The molecule has 32 heavy (non-hydrogen) atoms. The van der Waals surface area contributed by atoms with E-state index in [4.69, 9.17) is 4.98 Å². The lowest BCUT2D eigenvalue weighted by molar-refractivity contribution is 0.0633. The summed E-state index contributed by atoms with van der Waals surface area (Å²) in [6, 6.07) is 24.2.